The molecule has 132 valence electrons. The quantitative estimate of drug-likeness (QED) is 0.854. The summed E-state index contributed by atoms with van der Waals surface area (Å²) in [6, 6.07) is 11.0. The molecule has 0 spiro atoms. The van der Waals surface area contributed by atoms with Crippen LogP contribution in [0.1, 0.15) is 18.4 Å². The molecular weight excluding hydrogens is 318 g/mol. The van der Waals surface area contributed by atoms with E-state index in [-0.39, 0.29) is 5.91 Å². The van der Waals surface area contributed by atoms with Gasteiger partial charge in [-0.3, -0.25) is 9.69 Å². The molecule has 2 unspecified atom stereocenters. The number of carbonyl (C=O) groups is 1. The molecule has 0 saturated carbocycles. The van der Waals surface area contributed by atoms with Gasteiger partial charge in [0.15, 0.2) is 0 Å². The average Bonchev–Trinajstić information content (AvgIpc) is 3.03. The van der Waals surface area contributed by atoms with Gasteiger partial charge in [0.05, 0.1) is 0 Å². The van der Waals surface area contributed by atoms with Crippen molar-refractivity contribution < 1.29 is 4.79 Å². The second-order valence-electron chi connectivity index (χ2n) is 7.08. The molecule has 2 saturated heterocycles. The largest absolute Gasteiger partial charge is 0.345 e. The molecule has 1 aromatic carbocycles. The molecule has 5 heteroatoms. The number of nitrogens with one attached hydrogen (secondary N) is 1. The van der Waals surface area contributed by atoms with Crippen molar-refractivity contribution in [1.29, 1.82) is 0 Å². The second-order valence-corrected chi connectivity index (χ2v) is 8.23. The minimum absolute atomic E-state index is 0.288. The van der Waals surface area contributed by atoms with Gasteiger partial charge in [-0.05, 0) is 24.4 Å². The van der Waals surface area contributed by atoms with Gasteiger partial charge < -0.3 is 10.2 Å². The lowest BCUT2D eigenvalue weighted by Gasteiger charge is -2.26. The summed E-state index contributed by atoms with van der Waals surface area (Å²) in [5.41, 5.74) is 1.38. The highest BCUT2D eigenvalue weighted by molar-refractivity contribution is 7.99. The second kappa shape index (κ2) is 8.88. The fraction of sp³-hybridized carbons (Fsp3) is 0.632. The van der Waals surface area contributed by atoms with Crippen molar-refractivity contribution in [2.75, 3.05) is 44.7 Å². The van der Waals surface area contributed by atoms with E-state index in [2.05, 4.69) is 40.5 Å². The average molecular weight is 348 g/mol. The van der Waals surface area contributed by atoms with Gasteiger partial charge in [0.1, 0.15) is 0 Å². The molecule has 0 aliphatic carbocycles. The molecule has 4 nitrogen and oxygen atoms in total. The number of rotatable bonds is 6. The molecule has 1 amide bonds. The maximum atomic E-state index is 12.4. The van der Waals surface area contributed by atoms with Crippen molar-refractivity contribution in [2.24, 2.45) is 5.92 Å². The van der Waals surface area contributed by atoms with Crippen molar-refractivity contribution in [3.05, 3.63) is 35.9 Å². The molecule has 3 rings (SSSR count). The van der Waals surface area contributed by atoms with Crippen molar-refractivity contribution in [2.45, 2.75) is 25.4 Å². The lowest BCUT2D eigenvalue weighted by Crippen LogP contribution is -2.42. The molecule has 1 N–H and O–H groups in total. The summed E-state index contributed by atoms with van der Waals surface area (Å²) in [6.07, 6.45) is 1.84. The molecule has 2 atom stereocenters. The number of nitrogens with zero attached hydrogens (tertiary/aromatic N) is 2. The van der Waals surface area contributed by atoms with Crippen LogP contribution in [0.15, 0.2) is 30.3 Å². The Morgan fingerprint density at radius 2 is 2.21 bits per heavy atom. The number of likely N-dealkylation sites (tertiary alicyclic amines) is 1. The smallest absolute Gasteiger partial charge is 0.223 e. The van der Waals surface area contributed by atoms with E-state index in [4.69, 9.17) is 0 Å². The number of carbonyl (C=O) groups excluding carboxylic acids is 1. The highest BCUT2D eigenvalue weighted by Crippen LogP contribution is 2.20. The molecule has 1 aromatic rings. The minimum Gasteiger partial charge on any atom is -0.345 e. The summed E-state index contributed by atoms with van der Waals surface area (Å²) >= 11 is 1.95. The Hall–Kier alpha value is -1.04. The van der Waals surface area contributed by atoms with E-state index in [1.54, 1.807) is 0 Å². The molecule has 0 radical (unpaired) electrons. The Morgan fingerprint density at radius 3 is 2.96 bits per heavy atom. The first-order valence-corrected chi connectivity index (χ1v) is 10.2. The summed E-state index contributed by atoms with van der Waals surface area (Å²) in [7, 11) is 1.97. The van der Waals surface area contributed by atoms with Crippen molar-refractivity contribution in [1.82, 2.24) is 15.1 Å². The molecule has 2 fully saturated rings. The highest BCUT2D eigenvalue weighted by Gasteiger charge is 2.26. The van der Waals surface area contributed by atoms with E-state index in [1.165, 1.54) is 17.7 Å². The van der Waals surface area contributed by atoms with Crippen molar-refractivity contribution >= 4 is 17.7 Å². The Balaban J connectivity index is 1.40. The minimum atomic E-state index is 0.288. The summed E-state index contributed by atoms with van der Waals surface area (Å²) in [4.78, 5) is 16.9. The van der Waals surface area contributed by atoms with Gasteiger partial charge in [-0.25, -0.2) is 0 Å². The summed E-state index contributed by atoms with van der Waals surface area (Å²) in [5.74, 6) is 3.13. The number of thioether (sulfide) groups is 1. The zero-order chi connectivity index (χ0) is 16.8. The topological polar surface area (TPSA) is 35.6 Å². The number of amides is 1. The van der Waals surface area contributed by atoms with Crippen LogP contribution < -0.4 is 5.32 Å². The Labute approximate surface area is 150 Å². The van der Waals surface area contributed by atoms with Gasteiger partial charge in [-0.1, -0.05) is 30.3 Å². The molecular formula is C19H29N3OS. The molecule has 2 aliphatic rings. The van der Waals surface area contributed by atoms with Crippen LogP contribution in [0.25, 0.3) is 0 Å². The van der Waals surface area contributed by atoms with Gasteiger partial charge in [-0.15, -0.1) is 0 Å². The van der Waals surface area contributed by atoms with Crippen LogP contribution in [-0.4, -0.2) is 66.5 Å². The van der Waals surface area contributed by atoms with Crippen LogP contribution in [-0.2, 0) is 11.3 Å². The third-order valence-electron chi connectivity index (χ3n) is 5.00. The summed E-state index contributed by atoms with van der Waals surface area (Å²) in [5, 5.41) is 3.46. The van der Waals surface area contributed by atoms with Crippen LogP contribution in [0.5, 0.6) is 0 Å². The van der Waals surface area contributed by atoms with Gasteiger partial charge in [-0.2, -0.15) is 11.8 Å². The Bertz CT molecular complexity index is 519. The molecule has 0 aromatic heterocycles. The number of benzene rings is 1. The molecule has 2 heterocycles. The number of hydrogen-bond donors (Lipinski definition) is 1. The SMILES string of the molecule is CN(CC1CCN(Cc2ccccc2)C1)C(=O)CC1CSCCN1. The van der Waals surface area contributed by atoms with E-state index in [0.717, 1.165) is 38.5 Å². The first kappa shape index (κ1) is 17.8. The first-order valence-electron chi connectivity index (χ1n) is 9.02. The maximum absolute atomic E-state index is 12.4. The van der Waals surface area contributed by atoms with E-state index < -0.39 is 0 Å². The van der Waals surface area contributed by atoms with E-state index >= 15 is 0 Å². The number of hydrogen-bond acceptors (Lipinski definition) is 4. The Morgan fingerprint density at radius 1 is 1.38 bits per heavy atom. The van der Waals surface area contributed by atoms with Crippen LogP contribution in [0.4, 0.5) is 0 Å². The lowest BCUT2D eigenvalue weighted by molar-refractivity contribution is -0.130. The fourth-order valence-corrected chi connectivity index (χ4v) is 4.60. The first-order chi connectivity index (χ1) is 11.7. The van der Waals surface area contributed by atoms with Crippen LogP contribution in [0.2, 0.25) is 0 Å². The van der Waals surface area contributed by atoms with E-state index in [0.29, 0.717) is 18.4 Å². The normalized spacial score (nSPS) is 24.9. The monoisotopic (exact) mass is 347 g/mol. The van der Waals surface area contributed by atoms with E-state index in [1.807, 2.05) is 23.7 Å². The standard InChI is InChI=1S/C19H29N3OS/c1-21(19(23)11-18-15-24-10-8-20-18)12-17-7-9-22(14-17)13-16-5-3-2-4-6-16/h2-6,17-18,20H,7-15H2,1H3. The van der Waals surface area contributed by atoms with Gasteiger partial charge in [0.2, 0.25) is 5.91 Å². The van der Waals surface area contributed by atoms with Crippen molar-refractivity contribution in [3.63, 3.8) is 0 Å². The predicted octanol–water partition coefficient (Wildman–Crippen LogP) is 2.06. The predicted molar refractivity (Wildman–Crippen MR) is 101 cm³/mol. The molecule has 24 heavy (non-hydrogen) atoms. The van der Waals surface area contributed by atoms with Gasteiger partial charge in [0, 0.05) is 57.2 Å². The van der Waals surface area contributed by atoms with Crippen LogP contribution >= 0.6 is 11.8 Å². The fourth-order valence-electron chi connectivity index (χ4n) is 3.65. The van der Waals surface area contributed by atoms with Crippen molar-refractivity contribution in [3.8, 4) is 0 Å². The lowest BCUT2D eigenvalue weighted by atomic mass is 10.1. The zero-order valence-electron chi connectivity index (χ0n) is 14.6. The highest BCUT2D eigenvalue weighted by atomic mass is 32.2. The molecule has 0 bridgehead atoms. The maximum Gasteiger partial charge on any atom is 0.223 e. The third kappa shape index (κ3) is 5.23. The molecule has 2 aliphatic heterocycles. The van der Waals surface area contributed by atoms with Gasteiger partial charge >= 0.3 is 0 Å². The summed E-state index contributed by atoms with van der Waals surface area (Å²) < 4.78 is 0. The Kier molecular flexibility index (Phi) is 6.58. The third-order valence-corrected chi connectivity index (χ3v) is 6.13. The summed E-state index contributed by atoms with van der Waals surface area (Å²) in [6.45, 7) is 5.19. The zero-order valence-corrected chi connectivity index (χ0v) is 15.4. The van der Waals surface area contributed by atoms with Crippen LogP contribution in [0.3, 0.4) is 0 Å². The van der Waals surface area contributed by atoms with Crippen LogP contribution in [0, 0.1) is 5.92 Å². The van der Waals surface area contributed by atoms with Gasteiger partial charge in [0.25, 0.3) is 0 Å². The van der Waals surface area contributed by atoms with E-state index in [9.17, 15) is 4.79 Å².